The van der Waals surface area contributed by atoms with Gasteiger partial charge in [-0.15, -0.1) is 0 Å². The molecule has 19 heavy (non-hydrogen) atoms. The largest absolute Gasteiger partial charge is 0.317 e. The van der Waals surface area contributed by atoms with Gasteiger partial charge >= 0.3 is 0 Å². The fraction of sp³-hybridized carbons (Fsp3) is 0.538. The van der Waals surface area contributed by atoms with Crippen LogP contribution in [0.1, 0.15) is 25.7 Å². The topological polar surface area (TPSA) is 58.2 Å². The maximum Gasteiger partial charge on any atom is 0.240 e. The highest BCUT2D eigenvalue weighted by atomic mass is 35.5. The molecule has 0 aliphatic heterocycles. The van der Waals surface area contributed by atoms with E-state index in [0.717, 1.165) is 25.7 Å². The second-order valence-corrected chi connectivity index (χ2v) is 7.06. The van der Waals surface area contributed by atoms with E-state index in [1.54, 1.807) is 12.1 Å². The second kappa shape index (κ2) is 6.22. The summed E-state index contributed by atoms with van der Waals surface area (Å²) < 4.78 is 27.2. The zero-order valence-corrected chi connectivity index (χ0v) is 12.5. The SMILES string of the molecule is CNC1CCC(NS(=O)(=O)c2ccc(Cl)cc2)CC1. The molecule has 1 aliphatic carbocycles. The first-order chi connectivity index (χ1) is 9.01. The maximum atomic E-state index is 12.2. The van der Waals surface area contributed by atoms with Gasteiger partial charge in [0, 0.05) is 17.1 Å². The molecule has 0 spiro atoms. The van der Waals surface area contributed by atoms with Gasteiger partial charge < -0.3 is 5.32 Å². The molecule has 6 heteroatoms. The van der Waals surface area contributed by atoms with Crippen LogP contribution in [0.25, 0.3) is 0 Å². The number of benzene rings is 1. The summed E-state index contributed by atoms with van der Waals surface area (Å²) in [5.74, 6) is 0. The van der Waals surface area contributed by atoms with Crippen molar-refractivity contribution < 1.29 is 8.42 Å². The molecule has 0 unspecified atom stereocenters. The normalized spacial score (nSPS) is 24.3. The van der Waals surface area contributed by atoms with Gasteiger partial charge in [0.15, 0.2) is 0 Å². The Bertz CT molecular complexity index is 508. The van der Waals surface area contributed by atoms with Crippen LogP contribution >= 0.6 is 11.6 Å². The zero-order valence-electron chi connectivity index (χ0n) is 10.9. The van der Waals surface area contributed by atoms with Crippen molar-refractivity contribution in [3.05, 3.63) is 29.3 Å². The molecular weight excluding hydrogens is 284 g/mol. The molecule has 2 rings (SSSR count). The monoisotopic (exact) mass is 302 g/mol. The molecule has 1 aromatic rings. The standard InChI is InChI=1S/C13H19ClN2O2S/c1-15-11-4-6-12(7-5-11)16-19(17,18)13-8-2-10(14)3-9-13/h2-3,8-9,11-12,15-16H,4-7H2,1H3. The van der Waals surface area contributed by atoms with E-state index in [1.807, 2.05) is 7.05 Å². The molecule has 1 fully saturated rings. The molecular formula is C13H19ClN2O2S. The van der Waals surface area contributed by atoms with Crippen molar-refractivity contribution in [1.82, 2.24) is 10.0 Å². The molecule has 4 nitrogen and oxygen atoms in total. The first kappa shape index (κ1) is 14.8. The molecule has 0 atom stereocenters. The van der Waals surface area contributed by atoms with Gasteiger partial charge in [0.05, 0.1) is 4.90 Å². The quantitative estimate of drug-likeness (QED) is 0.896. The van der Waals surface area contributed by atoms with Crippen molar-refractivity contribution in [3.63, 3.8) is 0 Å². The Morgan fingerprint density at radius 3 is 2.11 bits per heavy atom. The molecule has 106 valence electrons. The first-order valence-electron chi connectivity index (χ1n) is 6.46. The van der Waals surface area contributed by atoms with Crippen molar-refractivity contribution >= 4 is 21.6 Å². The summed E-state index contributed by atoms with van der Waals surface area (Å²) >= 11 is 5.76. The van der Waals surface area contributed by atoms with Gasteiger partial charge in [-0.25, -0.2) is 13.1 Å². The highest BCUT2D eigenvalue weighted by Gasteiger charge is 2.24. The van der Waals surface area contributed by atoms with E-state index in [-0.39, 0.29) is 10.9 Å². The molecule has 0 aromatic heterocycles. The van der Waals surface area contributed by atoms with Crippen LogP contribution in [0.3, 0.4) is 0 Å². The Morgan fingerprint density at radius 1 is 1.05 bits per heavy atom. The molecule has 2 N–H and O–H groups in total. The van der Waals surface area contributed by atoms with Crippen LogP contribution in [0.2, 0.25) is 5.02 Å². The average Bonchev–Trinajstić information content (AvgIpc) is 2.40. The van der Waals surface area contributed by atoms with Gasteiger partial charge in [0.1, 0.15) is 0 Å². The van der Waals surface area contributed by atoms with Crippen molar-refractivity contribution in [1.29, 1.82) is 0 Å². The van der Waals surface area contributed by atoms with E-state index in [4.69, 9.17) is 11.6 Å². The summed E-state index contributed by atoms with van der Waals surface area (Å²) in [5.41, 5.74) is 0. The third-order valence-corrected chi connectivity index (χ3v) is 5.37. The summed E-state index contributed by atoms with van der Waals surface area (Å²) in [6.45, 7) is 0. The Hall–Kier alpha value is -0.620. The van der Waals surface area contributed by atoms with E-state index in [1.165, 1.54) is 12.1 Å². The summed E-state index contributed by atoms with van der Waals surface area (Å²) in [5, 5.41) is 3.77. The minimum atomic E-state index is -3.43. The van der Waals surface area contributed by atoms with Gasteiger partial charge in [-0.2, -0.15) is 0 Å². The molecule has 0 heterocycles. The van der Waals surface area contributed by atoms with E-state index in [9.17, 15) is 8.42 Å². The van der Waals surface area contributed by atoms with Crippen LogP contribution in [0.5, 0.6) is 0 Å². The number of nitrogens with one attached hydrogen (secondary N) is 2. The number of sulfonamides is 1. The molecule has 1 aliphatic rings. The minimum absolute atomic E-state index is 0.0327. The third kappa shape index (κ3) is 3.92. The lowest BCUT2D eigenvalue weighted by Crippen LogP contribution is -2.41. The Labute approximate surface area is 119 Å². The first-order valence-corrected chi connectivity index (χ1v) is 8.32. The van der Waals surface area contributed by atoms with Crippen molar-refractivity contribution in [2.45, 2.75) is 42.7 Å². The van der Waals surface area contributed by atoms with Crippen LogP contribution in [-0.2, 0) is 10.0 Å². The lowest BCUT2D eigenvalue weighted by atomic mass is 9.92. The van der Waals surface area contributed by atoms with E-state index in [2.05, 4.69) is 10.0 Å². The summed E-state index contributed by atoms with van der Waals surface area (Å²) in [4.78, 5) is 0.271. The van der Waals surface area contributed by atoms with E-state index < -0.39 is 10.0 Å². The fourth-order valence-corrected chi connectivity index (χ4v) is 3.83. The van der Waals surface area contributed by atoms with Gasteiger partial charge in [0.2, 0.25) is 10.0 Å². The van der Waals surface area contributed by atoms with Crippen molar-refractivity contribution in [3.8, 4) is 0 Å². The smallest absolute Gasteiger partial charge is 0.240 e. The fourth-order valence-electron chi connectivity index (χ4n) is 2.40. The summed E-state index contributed by atoms with van der Waals surface area (Å²) in [7, 11) is -1.48. The molecule has 1 saturated carbocycles. The predicted octanol–water partition coefficient (Wildman–Crippen LogP) is 2.15. The average molecular weight is 303 g/mol. The summed E-state index contributed by atoms with van der Waals surface area (Å²) in [6.07, 6.45) is 3.76. The van der Waals surface area contributed by atoms with E-state index >= 15 is 0 Å². The van der Waals surface area contributed by atoms with E-state index in [0.29, 0.717) is 11.1 Å². The molecule has 0 saturated heterocycles. The Balaban J connectivity index is 2.00. The molecule has 0 radical (unpaired) electrons. The minimum Gasteiger partial charge on any atom is -0.317 e. The Kier molecular flexibility index (Phi) is 4.84. The van der Waals surface area contributed by atoms with Crippen molar-refractivity contribution in [2.24, 2.45) is 0 Å². The van der Waals surface area contributed by atoms with Crippen LogP contribution in [-0.4, -0.2) is 27.5 Å². The highest BCUT2D eigenvalue weighted by molar-refractivity contribution is 7.89. The van der Waals surface area contributed by atoms with Gasteiger partial charge in [-0.05, 0) is 57.0 Å². The number of rotatable bonds is 4. The van der Waals surface area contributed by atoms with Crippen molar-refractivity contribution in [2.75, 3.05) is 7.05 Å². The van der Waals surface area contributed by atoms with Gasteiger partial charge in [-0.1, -0.05) is 11.6 Å². The molecule has 0 amide bonds. The molecule has 0 bridgehead atoms. The highest BCUT2D eigenvalue weighted by Crippen LogP contribution is 2.21. The Morgan fingerprint density at radius 2 is 1.58 bits per heavy atom. The maximum absolute atomic E-state index is 12.2. The molecule has 1 aromatic carbocycles. The third-order valence-electron chi connectivity index (χ3n) is 3.58. The lowest BCUT2D eigenvalue weighted by molar-refractivity contribution is 0.343. The number of hydrogen-bond donors (Lipinski definition) is 2. The van der Waals surface area contributed by atoms with Gasteiger partial charge in [0.25, 0.3) is 0 Å². The van der Waals surface area contributed by atoms with Gasteiger partial charge in [-0.3, -0.25) is 0 Å². The lowest BCUT2D eigenvalue weighted by Gasteiger charge is -2.28. The van der Waals surface area contributed by atoms with Crippen LogP contribution in [0.15, 0.2) is 29.2 Å². The zero-order chi connectivity index (χ0) is 13.9. The number of hydrogen-bond acceptors (Lipinski definition) is 3. The predicted molar refractivity (Wildman–Crippen MR) is 76.9 cm³/mol. The van der Waals surface area contributed by atoms with Crippen LogP contribution in [0.4, 0.5) is 0 Å². The second-order valence-electron chi connectivity index (χ2n) is 4.91. The van der Waals surface area contributed by atoms with Crippen LogP contribution in [0, 0.1) is 0 Å². The van der Waals surface area contributed by atoms with Crippen LogP contribution < -0.4 is 10.0 Å². The summed E-state index contributed by atoms with van der Waals surface area (Å²) in [6, 6.07) is 6.79. The number of halogens is 1.